The number of anilines is 1. The molecule has 0 amide bonds. The second-order valence-corrected chi connectivity index (χ2v) is 5.05. The fraction of sp³-hybridized carbons (Fsp3) is 0.111. The van der Waals surface area contributed by atoms with Crippen molar-refractivity contribution in [2.45, 2.75) is 6.92 Å². The molecule has 3 aromatic rings. The summed E-state index contributed by atoms with van der Waals surface area (Å²) in [6.45, 7) is 2.41. The van der Waals surface area contributed by atoms with E-state index >= 15 is 0 Å². The number of ether oxygens (including phenoxy) is 1. The van der Waals surface area contributed by atoms with Crippen molar-refractivity contribution in [1.29, 1.82) is 0 Å². The minimum absolute atomic E-state index is 0.384. The Labute approximate surface area is 139 Å². The molecule has 0 atom stereocenters. The van der Waals surface area contributed by atoms with E-state index in [0.717, 1.165) is 10.9 Å². The van der Waals surface area contributed by atoms with Gasteiger partial charge in [0.05, 0.1) is 29.0 Å². The molecule has 0 bridgehead atoms. The standard InChI is InChI=1S/C9H9ClO2.C9H8N2/c1-2-12-8-5-3-4-7(6-11)9(8)10;10-8-5-7-3-1-2-4-9(7)11-6-8/h3-6H,2H2,1H3;1-6H,10H2. The maximum Gasteiger partial charge on any atom is 0.151 e. The van der Waals surface area contributed by atoms with Crippen molar-refractivity contribution in [1.82, 2.24) is 4.98 Å². The number of nitrogens with two attached hydrogens (primary N) is 1. The van der Waals surface area contributed by atoms with Gasteiger partial charge in [0.25, 0.3) is 0 Å². The fourth-order valence-corrected chi connectivity index (χ4v) is 2.20. The van der Waals surface area contributed by atoms with Gasteiger partial charge in [-0.2, -0.15) is 0 Å². The number of carbonyl (C=O) groups is 1. The first-order chi connectivity index (χ1) is 11.2. The summed E-state index contributed by atoms with van der Waals surface area (Å²) in [4.78, 5) is 14.6. The smallest absolute Gasteiger partial charge is 0.151 e. The van der Waals surface area contributed by atoms with Crippen LogP contribution in [0, 0.1) is 0 Å². The van der Waals surface area contributed by atoms with E-state index in [1.165, 1.54) is 0 Å². The number of benzene rings is 2. The van der Waals surface area contributed by atoms with E-state index < -0.39 is 0 Å². The summed E-state index contributed by atoms with van der Waals surface area (Å²) < 4.78 is 5.19. The zero-order valence-corrected chi connectivity index (χ0v) is 13.5. The lowest BCUT2D eigenvalue weighted by molar-refractivity contribution is 0.112. The van der Waals surface area contributed by atoms with Crippen molar-refractivity contribution in [2.75, 3.05) is 12.3 Å². The maximum atomic E-state index is 10.4. The number of halogens is 1. The topological polar surface area (TPSA) is 65.2 Å². The average Bonchev–Trinajstić information content (AvgIpc) is 2.57. The van der Waals surface area contributed by atoms with Crippen LogP contribution in [0.25, 0.3) is 10.9 Å². The van der Waals surface area contributed by atoms with Gasteiger partial charge < -0.3 is 10.5 Å². The summed E-state index contributed by atoms with van der Waals surface area (Å²) in [6.07, 6.45) is 2.38. The first kappa shape index (κ1) is 16.8. The molecule has 118 valence electrons. The van der Waals surface area contributed by atoms with Crippen LogP contribution in [-0.4, -0.2) is 17.9 Å². The van der Waals surface area contributed by atoms with Gasteiger partial charge in [-0.1, -0.05) is 35.9 Å². The average molecular weight is 329 g/mol. The minimum atomic E-state index is 0.384. The van der Waals surface area contributed by atoms with Crippen LogP contribution in [0.3, 0.4) is 0 Å². The number of hydrogen-bond acceptors (Lipinski definition) is 4. The molecular formula is C18H17ClN2O2. The Hall–Kier alpha value is -2.59. The lowest BCUT2D eigenvalue weighted by atomic mass is 10.2. The first-order valence-electron chi connectivity index (χ1n) is 7.12. The van der Waals surface area contributed by atoms with Gasteiger partial charge in [-0.05, 0) is 31.2 Å². The lowest BCUT2D eigenvalue weighted by Gasteiger charge is -2.05. The number of fused-ring (bicyclic) bond motifs is 1. The molecule has 3 rings (SSSR count). The quantitative estimate of drug-likeness (QED) is 0.725. The summed E-state index contributed by atoms with van der Waals surface area (Å²) in [6, 6.07) is 14.9. The van der Waals surface area contributed by atoms with Crippen LogP contribution in [0.4, 0.5) is 5.69 Å². The fourth-order valence-electron chi connectivity index (χ4n) is 1.97. The molecule has 0 aliphatic carbocycles. The summed E-state index contributed by atoms with van der Waals surface area (Å²) in [7, 11) is 0. The zero-order valence-electron chi connectivity index (χ0n) is 12.7. The Kier molecular flexibility index (Phi) is 5.94. The van der Waals surface area contributed by atoms with Crippen molar-refractivity contribution in [3.05, 3.63) is 65.3 Å². The summed E-state index contributed by atoms with van der Waals surface area (Å²) in [5.74, 6) is 0.559. The van der Waals surface area contributed by atoms with E-state index in [4.69, 9.17) is 22.1 Å². The van der Waals surface area contributed by atoms with E-state index in [9.17, 15) is 4.79 Å². The third-order valence-corrected chi connectivity index (χ3v) is 3.44. The van der Waals surface area contributed by atoms with Crippen molar-refractivity contribution in [3.63, 3.8) is 0 Å². The molecule has 0 spiro atoms. The molecule has 0 unspecified atom stereocenters. The molecule has 0 saturated carbocycles. The Morgan fingerprint density at radius 2 is 2.00 bits per heavy atom. The molecule has 0 radical (unpaired) electrons. The number of aromatic nitrogens is 1. The number of para-hydroxylation sites is 1. The summed E-state index contributed by atoms with van der Waals surface area (Å²) in [5.41, 5.74) is 7.72. The molecule has 4 nitrogen and oxygen atoms in total. The number of hydrogen-bond donors (Lipinski definition) is 1. The van der Waals surface area contributed by atoms with Crippen molar-refractivity contribution >= 4 is 34.5 Å². The Morgan fingerprint density at radius 3 is 2.74 bits per heavy atom. The van der Waals surface area contributed by atoms with E-state index in [1.807, 2.05) is 37.3 Å². The highest BCUT2D eigenvalue weighted by Crippen LogP contribution is 2.26. The minimum Gasteiger partial charge on any atom is -0.492 e. The SMILES string of the molecule is CCOc1cccc(C=O)c1Cl.Nc1cnc2ccccc2c1. The molecular weight excluding hydrogens is 312 g/mol. The summed E-state index contributed by atoms with van der Waals surface area (Å²) in [5, 5.41) is 1.47. The van der Waals surface area contributed by atoms with E-state index in [0.29, 0.717) is 34.9 Å². The largest absolute Gasteiger partial charge is 0.492 e. The zero-order chi connectivity index (χ0) is 16.7. The number of nitrogens with zero attached hydrogens (tertiary/aromatic N) is 1. The Balaban J connectivity index is 0.000000167. The van der Waals surface area contributed by atoms with Crippen molar-refractivity contribution < 1.29 is 9.53 Å². The highest BCUT2D eigenvalue weighted by atomic mass is 35.5. The molecule has 0 aliphatic rings. The third-order valence-electron chi connectivity index (χ3n) is 3.03. The predicted molar refractivity (Wildman–Crippen MR) is 94.2 cm³/mol. The van der Waals surface area contributed by atoms with Gasteiger partial charge in [0.2, 0.25) is 0 Å². The molecule has 0 aliphatic heterocycles. The van der Waals surface area contributed by atoms with Crippen LogP contribution in [0.1, 0.15) is 17.3 Å². The number of rotatable bonds is 3. The molecule has 0 saturated heterocycles. The summed E-state index contributed by atoms with van der Waals surface area (Å²) >= 11 is 5.83. The Bertz CT molecular complexity index is 806. The van der Waals surface area contributed by atoms with E-state index in [1.54, 1.807) is 24.4 Å². The van der Waals surface area contributed by atoms with Gasteiger partial charge in [-0.25, -0.2) is 0 Å². The highest BCUT2D eigenvalue weighted by Gasteiger charge is 2.04. The molecule has 23 heavy (non-hydrogen) atoms. The van der Waals surface area contributed by atoms with E-state index in [2.05, 4.69) is 4.98 Å². The second kappa shape index (κ2) is 8.15. The van der Waals surface area contributed by atoms with Crippen LogP contribution in [-0.2, 0) is 0 Å². The Morgan fingerprint density at radius 1 is 1.22 bits per heavy atom. The molecule has 5 heteroatoms. The lowest BCUT2D eigenvalue weighted by Crippen LogP contribution is -1.93. The van der Waals surface area contributed by atoms with Gasteiger partial charge in [0.15, 0.2) is 6.29 Å². The molecule has 2 N–H and O–H groups in total. The molecule has 1 heterocycles. The van der Waals surface area contributed by atoms with Crippen LogP contribution in [0.5, 0.6) is 5.75 Å². The predicted octanol–water partition coefficient (Wildman–Crippen LogP) is 4.37. The van der Waals surface area contributed by atoms with E-state index in [-0.39, 0.29) is 0 Å². The van der Waals surface area contributed by atoms with Crippen molar-refractivity contribution in [2.24, 2.45) is 0 Å². The number of pyridine rings is 1. The monoisotopic (exact) mass is 328 g/mol. The van der Waals surface area contributed by atoms with Gasteiger partial charge >= 0.3 is 0 Å². The van der Waals surface area contributed by atoms with Crippen LogP contribution < -0.4 is 10.5 Å². The first-order valence-corrected chi connectivity index (χ1v) is 7.50. The van der Waals surface area contributed by atoms with Crippen LogP contribution in [0.2, 0.25) is 5.02 Å². The number of aldehydes is 1. The normalized spacial score (nSPS) is 9.83. The number of nitrogen functional groups attached to an aromatic ring is 1. The van der Waals surface area contributed by atoms with Gasteiger partial charge in [0, 0.05) is 10.9 Å². The third kappa shape index (κ3) is 4.44. The molecule has 0 fully saturated rings. The van der Waals surface area contributed by atoms with Crippen LogP contribution in [0.15, 0.2) is 54.7 Å². The van der Waals surface area contributed by atoms with Crippen molar-refractivity contribution in [3.8, 4) is 5.75 Å². The second-order valence-electron chi connectivity index (χ2n) is 4.67. The number of carbonyl (C=O) groups excluding carboxylic acids is 1. The van der Waals surface area contributed by atoms with Crippen LogP contribution >= 0.6 is 11.6 Å². The highest BCUT2D eigenvalue weighted by molar-refractivity contribution is 6.34. The van der Waals surface area contributed by atoms with Gasteiger partial charge in [0.1, 0.15) is 5.75 Å². The maximum absolute atomic E-state index is 10.4. The molecule has 1 aromatic heterocycles. The molecule has 2 aromatic carbocycles. The van der Waals surface area contributed by atoms with Gasteiger partial charge in [-0.3, -0.25) is 9.78 Å². The van der Waals surface area contributed by atoms with Gasteiger partial charge in [-0.15, -0.1) is 0 Å².